The molecular weight excluding hydrogens is 326 g/mol. The quantitative estimate of drug-likeness (QED) is 0.505. The van der Waals surface area contributed by atoms with Crippen LogP contribution in [0.3, 0.4) is 0 Å². The monoisotopic (exact) mass is 347 g/mol. The summed E-state index contributed by atoms with van der Waals surface area (Å²) in [5.74, 6) is -0.255. The van der Waals surface area contributed by atoms with E-state index in [0.717, 1.165) is 12.0 Å². The maximum atomic E-state index is 12.5. The highest BCUT2D eigenvalue weighted by molar-refractivity contribution is 6.30. The van der Waals surface area contributed by atoms with Crippen LogP contribution in [0.25, 0.3) is 0 Å². The number of halogens is 1. The van der Waals surface area contributed by atoms with Gasteiger partial charge in [-0.25, -0.2) is 0 Å². The van der Waals surface area contributed by atoms with Crippen molar-refractivity contribution in [3.63, 3.8) is 0 Å². The predicted octanol–water partition coefficient (Wildman–Crippen LogP) is 2.52. The van der Waals surface area contributed by atoms with Crippen molar-refractivity contribution in [2.45, 2.75) is 32.5 Å². The Morgan fingerprint density at radius 3 is 2.79 bits per heavy atom. The zero-order chi connectivity index (χ0) is 17.5. The molecule has 1 heterocycles. The van der Waals surface area contributed by atoms with E-state index in [4.69, 9.17) is 16.3 Å². The number of nitrogens with zero attached hydrogens (tertiary/aromatic N) is 2. The Morgan fingerprint density at radius 2 is 2.17 bits per heavy atom. The van der Waals surface area contributed by atoms with Crippen molar-refractivity contribution in [1.29, 1.82) is 5.26 Å². The Labute approximate surface area is 147 Å². The number of hydrogen-bond acceptors (Lipinski definition) is 4. The average molecular weight is 348 g/mol. The number of carbonyl (C=O) groups is 1. The molecule has 1 N–H and O–H groups in total. The highest BCUT2D eigenvalue weighted by Gasteiger charge is 2.27. The van der Waals surface area contributed by atoms with Gasteiger partial charge in [0.2, 0.25) is 0 Å². The molecule has 0 aromatic heterocycles. The SMILES string of the molecule is CC1CN(C(=O)/C(C#N)=C\NCCc2cccc(Cl)c2)CC(C)O1. The first-order valence-electron chi connectivity index (χ1n) is 8.02. The van der Waals surface area contributed by atoms with E-state index in [1.54, 1.807) is 4.90 Å². The van der Waals surface area contributed by atoms with Crippen LogP contribution < -0.4 is 5.32 Å². The summed E-state index contributed by atoms with van der Waals surface area (Å²) in [5.41, 5.74) is 1.21. The molecule has 0 bridgehead atoms. The van der Waals surface area contributed by atoms with Crippen LogP contribution in [0.2, 0.25) is 5.02 Å². The van der Waals surface area contributed by atoms with Crippen LogP contribution in [0.5, 0.6) is 0 Å². The summed E-state index contributed by atoms with van der Waals surface area (Å²) >= 11 is 5.95. The van der Waals surface area contributed by atoms with Crippen molar-refractivity contribution >= 4 is 17.5 Å². The lowest BCUT2D eigenvalue weighted by Gasteiger charge is -2.35. The minimum Gasteiger partial charge on any atom is -0.389 e. The van der Waals surface area contributed by atoms with Crippen LogP contribution in [0.1, 0.15) is 19.4 Å². The summed E-state index contributed by atoms with van der Waals surface area (Å²) in [6, 6.07) is 9.60. The topological polar surface area (TPSA) is 65.4 Å². The number of carbonyl (C=O) groups excluding carboxylic acids is 1. The Hall–Kier alpha value is -2.03. The zero-order valence-corrected chi connectivity index (χ0v) is 14.7. The van der Waals surface area contributed by atoms with Crippen LogP contribution in [-0.2, 0) is 16.0 Å². The number of hydrogen-bond donors (Lipinski definition) is 1. The highest BCUT2D eigenvalue weighted by atomic mass is 35.5. The number of morpholine rings is 1. The molecule has 1 aliphatic rings. The molecule has 0 spiro atoms. The normalized spacial score (nSPS) is 21.2. The maximum Gasteiger partial charge on any atom is 0.266 e. The van der Waals surface area contributed by atoms with Gasteiger partial charge in [-0.05, 0) is 38.0 Å². The van der Waals surface area contributed by atoms with Crippen LogP contribution in [-0.4, -0.2) is 42.6 Å². The van der Waals surface area contributed by atoms with Crippen molar-refractivity contribution in [1.82, 2.24) is 10.2 Å². The molecule has 0 aliphatic carbocycles. The van der Waals surface area contributed by atoms with E-state index in [1.165, 1.54) is 6.20 Å². The lowest BCUT2D eigenvalue weighted by atomic mass is 10.1. The van der Waals surface area contributed by atoms with E-state index >= 15 is 0 Å². The van der Waals surface area contributed by atoms with Gasteiger partial charge in [0.25, 0.3) is 5.91 Å². The molecule has 2 atom stereocenters. The third-order valence-electron chi connectivity index (χ3n) is 3.75. The Balaban J connectivity index is 1.89. The van der Waals surface area contributed by atoms with Crippen LogP contribution in [0.4, 0.5) is 0 Å². The lowest BCUT2D eigenvalue weighted by Crippen LogP contribution is -2.48. The van der Waals surface area contributed by atoms with Gasteiger partial charge in [0.15, 0.2) is 0 Å². The largest absolute Gasteiger partial charge is 0.389 e. The molecule has 1 saturated heterocycles. The van der Waals surface area contributed by atoms with E-state index in [1.807, 2.05) is 44.2 Å². The van der Waals surface area contributed by atoms with Gasteiger partial charge in [-0.2, -0.15) is 5.26 Å². The second-order valence-electron chi connectivity index (χ2n) is 5.97. The minimum absolute atomic E-state index is 0.0200. The van der Waals surface area contributed by atoms with Crippen molar-refractivity contribution in [3.8, 4) is 6.07 Å². The molecule has 5 nitrogen and oxygen atoms in total. The second kappa shape index (κ2) is 8.72. The first-order valence-corrected chi connectivity index (χ1v) is 8.40. The first-order chi connectivity index (χ1) is 11.5. The summed E-state index contributed by atoms with van der Waals surface area (Å²) in [5, 5.41) is 13.0. The summed E-state index contributed by atoms with van der Waals surface area (Å²) in [4.78, 5) is 14.1. The van der Waals surface area contributed by atoms with Crippen molar-refractivity contribution in [3.05, 3.63) is 46.6 Å². The van der Waals surface area contributed by atoms with E-state index in [-0.39, 0.29) is 23.7 Å². The molecule has 2 unspecified atom stereocenters. The molecule has 1 aromatic carbocycles. The molecule has 1 aromatic rings. The molecule has 0 saturated carbocycles. The molecule has 128 valence electrons. The van der Waals surface area contributed by atoms with Crippen LogP contribution in [0.15, 0.2) is 36.0 Å². The fourth-order valence-electron chi connectivity index (χ4n) is 2.74. The van der Waals surface area contributed by atoms with Gasteiger partial charge in [0.05, 0.1) is 12.2 Å². The number of rotatable bonds is 5. The summed E-state index contributed by atoms with van der Waals surface area (Å²) in [6.07, 6.45) is 2.22. The van der Waals surface area contributed by atoms with Gasteiger partial charge in [-0.15, -0.1) is 0 Å². The lowest BCUT2D eigenvalue weighted by molar-refractivity contribution is -0.138. The first kappa shape index (κ1) is 18.3. The third-order valence-corrected chi connectivity index (χ3v) is 3.99. The maximum absolute atomic E-state index is 12.5. The summed E-state index contributed by atoms with van der Waals surface area (Å²) in [6.45, 7) is 5.48. The van der Waals surface area contributed by atoms with Gasteiger partial charge in [-0.1, -0.05) is 23.7 Å². The fourth-order valence-corrected chi connectivity index (χ4v) is 2.95. The highest BCUT2D eigenvalue weighted by Crippen LogP contribution is 2.13. The number of benzene rings is 1. The third kappa shape index (κ3) is 5.26. The molecular formula is C18H22ClN3O2. The molecule has 1 amide bonds. The molecule has 1 fully saturated rings. The molecule has 24 heavy (non-hydrogen) atoms. The van der Waals surface area contributed by atoms with Crippen LogP contribution >= 0.6 is 11.6 Å². The van der Waals surface area contributed by atoms with Crippen molar-refractivity contribution in [2.24, 2.45) is 0 Å². The number of nitriles is 1. The molecule has 2 rings (SSSR count). The molecule has 0 radical (unpaired) electrons. The van der Waals surface area contributed by atoms with E-state index in [0.29, 0.717) is 24.7 Å². The predicted molar refractivity (Wildman–Crippen MR) is 93.4 cm³/mol. The van der Waals surface area contributed by atoms with Gasteiger partial charge in [0.1, 0.15) is 11.6 Å². The second-order valence-corrected chi connectivity index (χ2v) is 6.41. The van der Waals surface area contributed by atoms with Gasteiger partial charge in [-0.3, -0.25) is 4.79 Å². The average Bonchev–Trinajstić information content (AvgIpc) is 2.53. The Bertz CT molecular complexity index is 644. The van der Waals surface area contributed by atoms with Gasteiger partial charge in [0, 0.05) is 30.9 Å². The number of nitrogens with one attached hydrogen (secondary N) is 1. The smallest absolute Gasteiger partial charge is 0.266 e. The zero-order valence-electron chi connectivity index (χ0n) is 14.0. The van der Waals surface area contributed by atoms with Gasteiger partial charge < -0.3 is 15.0 Å². The Morgan fingerprint density at radius 1 is 1.46 bits per heavy atom. The van der Waals surface area contributed by atoms with Crippen molar-refractivity contribution < 1.29 is 9.53 Å². The van der Waals surface area contributed by atoms with E-state index in [2.05, 4.69) is 5.32 Å². The molecule has 6 heteroatoms. The molecule has 1 aliphatic heterocycles. The van der Waals surface area contributed by atoms with Crippen LogP contribution in [0, 0.1) is 11.3 Å². The Kier molecular flexibility index (Phi) is 6.65. The van der Waals surface area contributed by atoms with E-state index < -0.39 is 0 Å². The van der Waals surface area contributed by atoms with Gasteiger partial charge >= 0.3 is 0 Å². The van der Waals surface area contributed by atoms with E-state index in [9.17, 15) is 10.1 Å². The standard InChI is InChI=1S/C18H22ClN3O2/c1-13-11-22(12-14(2)24-13)18(23)16(9-20)10-21-7-6-15-4-3-5-17(19)8-15/h3-5,8,10,13-14,21H,6-7,11-12H2,1-2H3/b16-10-. The minimum atomic E-state index is -0.255. The summed E-state index contributed by atoms with van der Waals surface area (Å²) < 4.78 is 5.61. The number of ether oxygens (including phenoxy) is 1. The fraction of sp³-hybridized carbons (Fsp3) is 0.444. The number of amides is 1. The van der Waals surface area contributed by atoms with Crippen molar-refractivity contribution in [2.75, 3.05) is 19.6 Å². The summed E-state index contributed by atoms with van der Waals surface area (Å²) in [7, 11) is 0.